The van der Waals surface area contributed by atoms with Gasteiger partial charge in [0, 0.05) is 24.3 Å². The number of amides is 1. The molecule has 0 atom stereocenters. The quantitative estimate of drug-likeness (QED) is 0.848. The number of hydrogen-bond donors (Lipinski definition) is 1. The summed E-state index contributed by atoms with van der Waals surface area (Å²) in [5.74, 6) is 0.940. The van der Waals surface area contributed by atoms with Crippen molar-refractivity contribution in [2.75, 3.05) is 18.8 Å². The zero-order valence-electron chi connectivity index (χ0n) is 12.0. The number of nitrogens with two attached hydrogens (primary N) is 1. The molecule has 1 aliphatic heterocycles. The second-order valence-corrected chi connectivity index (χ2v) is 5.54. The van der Waals surface area contributed by atoms with E-state index in [9.17, 15) is 4.79 Å². The van der Waals surface area contributed by atoms with Crippen molar-refractivity contribution in [3.63, 3.8) is 0 Å². The third kappa shape index (κ3) is 3.09. The molecule has 0 saturated carbocycles. The van der Waals surface area contributed by atoms with Gasteiger partial charge in [0.05, 0.1) is 0 Å². The van der Waals surface area contributed by atoms with E-state index < -0.39 is 0 Å². The number of benzene rings is 1. The first-order chi connectivity index (χ1) is 9.13. The maximum Gasteiger partial charge on any atom is 0.254 e. The Morgan fingerprint density at radius 2 is 2.05 bits per heavy atom. The molecule has 0 unspecified atom stereocenters. The van der Waals surface area contributed by atoms with Gasteiger partial charge in [-0.3, -0.25) is 4.79 Å². The number of piperidine rings is 1. The lowest BCUT2D eigenvalue weighted by Crippen LogP contribution is -2.38. The van der Waals surface area contributed by atoms with Crippen LogP contribution in [0.3, 0.4) is 0 Å². The van der Waals surface area contributed by atoms with Gasteiger partial charge in [0.1, 0.15) is 0 Å². The van der Waals surface area contributed by atoms with E-state index in [0.29, 0.717) is 5.69 Å². The van der Waals surface area contributed by atoms with Gasteiger partial charge in [-0.15, -0.1) is 0 Å². The fraction of sp³-hybridized carbons (Fsp3) is 0.562. The average Bonchev–Trinajstić information content (AvgIpc) is 2.42. The van der Waals surface area contributed by atoms with Crippen molar-refractivity contribution < 1.29 is 4.79 Å². The monoisotopic (exact) mass is 260 g/mol. The minimum atomic E-state index is 0.139. The first-order valence-electron chi connectivity index (χ1n) is 7.27. The summed E-state index contributed by atoms with van der Waals surface area (Å²) in [7, 11) is 0. The van der Waals surface area contributed by atoms with Gasteiger partial charge in [-0.05, 0) is 43.4 Å². The molecule has 3 heteroatoms. The second-order valence-electron chi connectivity index (χ2n) is 5.54. The summed E-state index contributed by atoms with van der Waals surface area (Å²) in [5.41, 5.74) is 8.24. The van der Waals surface area contributed by atoms with Crippen LogP contribution in [0.1, 0.15) is 48.5 Å². The number of carbonyl (C=O) groups excluding carboxylic acids is 1. The van der Waals surface area contributed by atoms with E-state index in [0.717, 1.165) is 43.0 Å². The Bertz CT molecular complexity index is 448. The minimum absolute atomic E-state index is 0.139. The highest BCUT2D eigenvalue weighted by Gasteiger charge is 2.24. The zero-order valence-corrected chi connectivity index (χ0v) is 12.0. The molecule has 1 heterocycles. The van der Waals surface area contributed by atoms with Crippen molar-refractivity contribution in [1.29, 1.82) is 0 Å². The van der Waals surface area contributed by atoms with Gasteiger partial charge in [-0.25, -0.2) is 0 Å². The predicted molar refractivity (Wildman–Crippen MR) is 79.1 cm³/mol. The topological polar surface area (TPSA) is 46.3 Å². The molecular weight excluding hydrogens is 236 g/mol. The van der Waals surface area contributed by atoms with Crippen LogP contribution in [0.4, 0.5) is 5.69 Å². The van der Waals surface area contributed by atoms with Crippen LogP contribution < -0.4 is 5.73 Å². The second kappa shape index (κ2) is 6.09. The minimum Gasteiger partial charge on any atom is -0.398 e. The van der Waals surface area contributed by atoms with E-state index in [1.54, 1.807) is 0 Å². The van der Waals surface area contributed by atoms with Gasteiger partial charge >= 0.3 is 0 Å². The number of nitrogen functional groups attached to an aromatic ring is 1. The van der Waals surface area contributed by atoms with Crippen LogP contribution in [0.5, 0.6) is 0 Å². The molecule has 2 rings (SSSR count). The third-order valence-corrected chi connectivity index (χ3v) is 4.20. The normalized spacial score (nSPS) is 16.6. The van der Waals surface area contributed by atoms with Crippen LogP contribution in [0.25, 0.3) is 0 Å². The van der Waals surface area contributed by atoms with Crippen molar-refractivity contribution in [2.24, 2.45) is 5.92 Å². The SMILES string of the molecule is CCCC1CCN(C(=O)c2cccc(N)c2C)CC1. The third-order valence-electron chi connectivity index (χ3n) is 4.20. The Hall–Kier alpha value is -1.51. The van der Waals surface area contributed by atoms with Gasteiger partial charge in [0.2, 0.25) is 0 Å². The van der Waals surface area contributed by atoms with Crippen LogP contribution >= 0.6 is 0 Å². The lowest BCUT2D eigenvalue weighted by molar-refractivity contribution is 0.0686. The van der Waals surface area contributed by atoms with Crippen LogP contribution in [0, 0.1) is 12.8 Å². The number of carbonyl (C=O) groups is 1. The summed E-state index contributed by atoms with van der Waals surface area (Å²) in [6.07, 6.45) is 4.81. The van der Waals surface area contributed by atoms with Gasteiger partial charge in [-0.1, -0.05) is 25.8 Å². The molecule has 1 fully saturated rings. The van der Waals surface area contributed by atoms with E-state index >= 15 is 0 Å². The number of rotatable bonds is 3. The molecule has 104 valence electrons. The van der Waals surface area contributed by atoms with Crippen LogP contribution in [0.2, 0.25) is 0 Å². The number of anilines is 1. The maximum absolute atomic E-state index is 12.5. The number of nitrogens with zero attached hydrogens (tertiary/aromatic N) is 1. The number of likely N-dealkylation sites (tertiary alicyclic amines) is 1. The summed E-state index contributed by atoms with van der Waals surface area (Å²) in [4.78, 5) is 14.5. The highest BCUT2D eigenvalue weighted by Crippen LogP contribution is 2.24. The van der Waals surface area contributed by atoms with E-state index in [-0.39, 0.29) is 5.91 Å². The molecule has 0 bridgehead atoms. The molecule has 1 amide bonds. The highest BCUT2D eigenvalue weighted by molar-refractivity contribution is 5.96. The molecule has 1 aromatic carbocycles. The predicted octanol–water partition coefficient (Wildman–Crippen LogP) is 3.23. The first-order valence-corrected chi connectivity index (χ1v) is 7.27. The smallest absolute Gasteiger partial charge is 0.254 e. The molecule has 19 heavy (non-hydrogen) atoms. The van der Waals surface area contributed by atoms with Gasteiger partial charge in [-0.2, -0.15) is 0 Å². The van der Waals surface area contributed by atoms with Crippen LogP contribution in [-0.4, -0.2) is 23.9 Å². The van der Waals surface area contributed by atoms with Crippen molar-refractivity contribution in [3.8, 4) is 0 Å². The molecule has 1 aromatic rings. The molecule has 0 aromatic heterocycles. The Labute approximate surface area is 115 Å². The summed E-state index contributed by atoms with van der Waals surface area (Å²) in [6, 6.07) is 5.59. The van der Waals surface area contributed by atoms with E-state index in [1.807, 2.05) is 30.0 Å². The zero-order chi connectivity index (χ0) is 13.8. The molecule has 1 aliphatic rings. The fourth-order valence-electron chi connectivity index (χ4n) is 2.89. The Morgan fingerprint density at radius 1 is 1.37 bits per heavy atom. The summed E-state index contributed by atoms with van der Waals surface area (Å²) in [5, 5.41) is 0. The van der Waals surface area contributed by atoms with Crippen molar-refractivity contribution in [2.45, 2.75) is 39.5 Å². The molecule has 1 saturated heterocycles. The summed E-state index contributed by atoms with van der Waals surface area (Å²) in [6.45, 7) is 5.93. The molecule has 3 nitrogen and oxygen atoms in total. The number of hydrogen-bond acceptors (Lipinski definition) is 2. The average molecular weight is 260 g/mol. The van der Waals surface area contributed by atoms with E-state index in [2.05, 4.69) is 6.92 Å². The first kappa shape index (κ1) is 13.9. The summed E-state index contributed by atoms with van der Waals surface area (Å²) >= 11 is 0. The van der Waals surface area contributed by atoms with Crippen molar-refractivity contribution >= 4 is 11.6 Å². The molecule has 2 N–H and O–H groups in total. The van der Waals surface area contributed by atoms with Gasteiger partial charge in [0.15, 0.2) is 0 Å². The largest absolute Gasteiger partial charge is 0.398 e. The van der Waals surface area contributed by atoms with Crippen molar-refractivity contribution in [1.82, 2.24) is 4.90 Å². The van der Waals surface area contributed by atoms with Gasteiger partial charge in [0.25, 0.3) is 5.91 Å². The Morgan fingerprint density at radius 3 is 2.68 bits per heavy atom. The molecule has 0 radical (unpaired) electrons. The lowest BCUT2D eigenvalue weighted by Gasteiger charge is -2.32. The Kier molecular flexibility index (Phi) is 4.46. The standard InChI is InChI=1S/C16H24N2O/c1-3-5-13-8-10-18(11-9-13)16(19)14-6-4-7-15(17)12(14)2/h4,6-7,13H,3,5,8-11,17H2,1-2H3. The van der Waals surface area contributed by atoms with E-state index in [1.165, 1.54) is 12.8 Å². The molecular formula is C16H24N2O. The summed E-state index contributed by atoms with van der Waals surface area (Å²) < 4.78 is 0. The fourth-order valence-corrected chi connectivity index (χ4v) is 2.89. The highest BCUT2D eigenvalue weighted by atomic mass is 16.2. The lowest BCUT2D eigenvalue weighted by atomic mass is 9.92. The van der Waals surface area contributed by atoms with Crippen molar-refractivity contribution in [3.05, 3.63) is 29.3 Å². The van der Waals surface area contributed by atoms with Crippen LogP contribution in [-0.2, 0) is 0 Å². The maximum atomic E-state index is 12.5. The Balaban J connectivity index is 2.03. The van der Waals surface area contributed by atoms with Crippen LogP contribution in [0.15, 0.2) is 18.2 Å². The molecule has 0 spiro atoms. The van der Waals surface area contributed by atoms with Gasteiger partial charge < -0.3 is 10.6 Å². The molecule has 0 aliphatic carbocycles. The van der Waals surface area contributed by atoms with E-state index in [4.69, 9.17) is 5.73 Å².